The molecule has 0 radical (unpaired) electrons. The molecule has 4 N–H and O–H groups in total. The van der Waals surface area contributed by atoms with Gasteiger partial charge in [-0.25, -0.2) is 4.79 Å². The van der Waals surface area contributed by atoms with Gasteiger partial charge in [-0.3, -0.25) is 0 Å². The minimum absolute atomic E-state index is 0.188. The highest BCUT2D eigenvalue weighted by Crippen LogP contribution is 2.27. The van der Waals surface area contributed by atoms with Crippen molar-refractivity contribution in [3.05, 3.63) is 48.0 Å². The number of urea groups is 1. The standard InChI is InChI=1S/C19H25N3O2/c1-4-15(5-2)21-19(23)22-16-7-9-17(10-8-16)24-18-11-6-14(20)12-13(18)3/h6-12,15H,4-5,20H2,1-3H3,(H2,21,22,23). The van der Waals surface area contributed by atoms with Gasteiger partial charge in [-0.1, -0.05) is 13.8 Å². The first kappa shape index (κ1) is 17.7. The Bertz CT molecular complexity index is 680. The number of nitrogens with one attached hydrogen (secondary N) is 2. The van der Waals surface area contributed by atoms with Gasteiger partial charge in [0.15, 0.2) is 0 Å². The van der Waals surface area contributed by atoms with E-state index in [2.05, 4.69) is 24.5 Å². The van der Waals surface area contributed by atoms with Gasteiger partial charge in [0.2, 0.25) is 0 Å². The van der Waals surface area contributed by atoms with Crippen LogP contribution >= 0.6 is 0 Å². The summed E-state index contributed by atoms with van der Waals surface area (Å²) < 4.78 is 5.84. The number of hydrogen-bond acceptors (Lipinski definition) is 3. The lowest BCUT2D eigenvalue weighted by molar-refractivity contribution is 0.247. The molecule has 2 aromatic carbocycles. The Kier molecular flexibility index (Phi) is 6.07. The Morgan fingerprint density at radius 2 is 1.79 bits per heavy atom. The summed E-state index contributed by atoms with van der Waals surface area (Å²) in [5, 5.41) is 5.77. The molecule has 0 unspecified atom stereocenters. The molecule has 128 valence electrons. The van der Waals surface area contributed by atoms with Crippen molar-refractivity contribution in [3.8, 4) is 11.5 Å². The van der Waals surface area contributed by atoms with Crippen molar-refractivity contribution in [2.45, 2.75) is 39.7 Å². The predicted molar refractivity (Wildman–Crippen MR) is 98.6 cm³/mol. The number of anilines is 2. The first-order chi connectivity index (χ1) is 11.5. The van der Waals surface area contributed by atoms with Crippen molar-refractivity contribution >= 4 is 17.4 Å². The highest BCUT2D eigenvalue weighted by atomic mass is 16.5. The van der Waals surface area contributed by atoms with Crippen molar-refractivity contribution in [1.82, 2.24) is 5.32 Å². The first-order valence-electron chi connectivity index (χ1n) is 8.23. The molecule has 5 heteroatoms. The number of hydrogen-bond donors (Lipinski definition) is 3. The van der Waals surface area contributed by atoms with Crippen LogP contribution in [0.5, 0.6) is 11.5 Å². The van der Waals surface area contributed by atoms with Crippen molar-refractivity contribution < 1.29 is 9.53 Å². The highest BCUT2D eigenvalue weighted by molar-refractivity contribution is 5.89. The molecule has 2 rings (SSSR count). The van der Waals surface area contributed by atoms with Crippen LogP contribution in [0.1, 0.15) is 32.3 Å². The number of nitrogens with two attached hydrogens (primary N) is 1. The van der Waals surface area contributed by atoms with Gasteiger partial charge < -0.3 is 21.1 Å². The smallest absolute Gasteiger partial charge is 0.319 e. The summed E-state index contributed by atoms with van der Waals surface area (Å²) in [6.07, 6.45) is 1.83. The molecule has 2 aromatic rings. The van der Waals surface area contributed by atoms with Gasteiger partial charge in [0.1, 0.15) is 11.5 Å². The van der Waals surface area contributed by atoms with Gasteiger partial charge in [-0.15, -0.1) is 0 Å². The molecule has 2 amide bonds. The number of benzene rings is 2. The molecule has 24 heavy (non-hydrogen) atoms. The quantitative estimate of drug-likeness (QED) is 0.674. The zero-order valence-corrected chi connectivity index (χ0v) is 14.4. The van der Waals surface area contributed by atoms with Gasteiger partial charge in [0, 0.05) is 17.4 Å². The van der Waals surface area contributed by atoms with Crippen LogP contribution in [0.3, 0.4) is 0 Å². The number of amides is 2. The summed E-state index contributed by atoms with van der Waals surface area (Å²) in [5.41, 5.74) is 8.15. The third kappa shape index (κ3) is 4.91. The minimum atomic E-state index is -0.188. The molecule has 0 aliphatic carbocycles. The molecule has 0 saturated carbocycles. The van der Waals surface area contributed by atoms with Crippen LogP contribution in [-0.2, 0) is 0 Å². The SMILES string of the molecule is CCC(CC)NC(=O)Nc1ccc(Oc2ccc(N)cc2C)cc1. The molecule has 0 fully saturated rings. The largest absolute Gasteiger partial charge is 0.457 e. The summed E-state index contributed by atoms with van der Waals surface area (Å²) in [7, 11) is 0. The lowest BCUT2D eigenvalue weighted by Gasteiger charge is -2.15. The van der Waals surface area contributed by atoms with E-state index in [1.807, 2.05) is 43.3 Å². The van der Waals surface area contributed by atoms with Crippen LogP contribution in [0.15, 0.2) is 42.5 Å². The van der Waals surface area contributed by atoms with E-state index in [0.29, 0.717) is 11.4 Å². The number of ether oxygens (including phenoxy) is 1. The zero-order valence-electron chi connectivity index (χ0n) is 14.4. The molecule has 0 saturated heterocycles. The maximum Gasteiger partial charge on any atom is 0.319 e. The molecule has 5 nitrogen and oxygen atoms in total. The molecular formula is C19H25N3O2. The average Bonchev–Trinajstić information content (AvgIpc) is 2.57. The van der Waals surface area contributed by atoms with E-state index >= 15 is 0 Å². The second kappa shape index (κ2) is 8.24. The maximum absolute atomic E-state index is 11.9. The monoisotopic (exact) mass is 327 g/mol. The Balaban J connectivity index is 1.96. The molecule has 0 heterocycles. The third-order valence-electron chi connectivity index (χ3n) is 3.86. The van der Waals surface area contributed by atoms with Crippen LogP contribution in [0.2, 0.25) is 0 Å². The maximum atomic E-state index is 11.9. The van der Waals surface area contributed by atoms with Crippen molar-refractivity contribution in [2.75, 3.05) is 11.1 Å². The fraction of sp³-hybridized carbons (Fsp3) is 0.316. The lowest BCUT2D eigenvalue weighted by atomic mass is 10.2. The molecule has 0 aromatic heterocycles. The summed E-state index contributed by atoms with van der Waals surface area (Å²) >= 11 is 0. The average molecular weight is 327 g/mol. The van der Waals surface area contributed by atoms with Gasteiger partial charge in [0.25, 0.3) is 0 Å². The zero-order chi connectivity index (χ0) is 17.5. The second-order valence-electron chi connectivity index (χ2n) is 5.76. The molecule has 0 spiro atoms. The van der Waals surface area contributed by atoms with E-state index in [1.54, 1.807) is 6.07 Å². The summed E-state index contributed by atoms with van der Waals surface area (Å²) in [5.74, 6) is 1.46. The predicted octanol–water partition coefficient (Wildman–Crippen LogP) is 4.68. The second-order valence-corrected chi connectivity index (χ2v) is 5.76. The Labute approximate surface area is 143 Å². The van der Waals surface area contributed by atoms with Gasteiger partial charge in [0.05, 0.1) is 0 Å². The van der Waals surface area contributed by atoms with Crippen molar-refractivity contribution in [3.63, 3.8) is 0 Å². The molecule has 0 aliphatic heterocycles. The molecular weight excluding hydrogens is 302 g/mol. The lowest BCUT2D eigenvalue weighted by Crippen LogP contribution is -2.37. The van der Waals surface area contributed by atoms with E-state index in [1.165, 1.54) is 0 Å². The van der Waals surface area contributed by atoms with Crippen LogP contribution in [0.25, 0.3) is 0 Å². The summed E-state index contributed by atoms with van der Waals surface area (Å²) in [4.78, 5) is 11.9. The van der Waals surface area contributed by atoms with Crippen LogP contribution < -0.4 is 21.1 Å². The van der Waals surface area contributed by atoms with Crippen molar-refractivity contribution in [2.24, 2.45) is 0 Å². The number of rotatable bonds is 6. The van der Waals surface area contributed by atoms with E-state index in [0.717, 1.165) is 29.8 Å². The van der Waals surface area contributed by atoms with Crippen LogP contribution in [0, 0.1) is 6.92 Å². The van der Waals surface area contributed by atoms with E-state index in [4.69, 9.17) is 10.5 Å². The van der Waals surface area contributed by atoms with Crippen LogP contribution in [-0.4, -0.2) is 12.1 Å². The van der Waals surface area contributed by atoms with Crippen molar-refractivity contribution in [1.29, 1.82) is 0 Å². The minimum Gasteiger partial charge on any atom is -0.457 e. The number of aryl methyl sites for hydroxylation is 1. The molecule has 0 atom stereocenters. The third-order valence-corrected chi connectivity index (χ3v) is 3.86. The highest BCUT2D eigenvalue weighted by Gasteiger charge is 2.08. The molecule has 0 bridgehead atoms. The van der Waals surface area contributed by atoms with E-state index < -0.39 is 0 Å². The van der Waals surface area contributed by atoms with Gasteiger partial charge >= 0.3 is 6.03 Å². The normalized spacial score (nSPS) is 10.5. The fourth-order valence-corrected chi connectivity index (χ4v) is 2.37. The first-order valence-corrected chi connectivity index (χ1v) is 8.23. The summed E-state index contributed by atoms with van der Waals surface area (Å²) in [6, 6.07) is 12.8. The fourth-order valence-electron chi connectivity index (χ4n) is 2.37. The van der Waals surface area contributed by atoms with Crippen LogP contribution in [0.4, 0.5) is 16.2 Å². The number of nitrogen functional groups attached to an aromatic ring is 1. The summed E-state index contributed by atoms with van der Waals surface area (Å²) in [6.45, 7) is 6.06. The Morgan fingerprint density at radius 1 is 1.12 bits per heavy atom. The van der Waals surface area contributed by atoms with Gasteiger partial charge in [-0.05, 0) is 67.8 Å². The van der Waals surface area contributed by atoms with E-state index in [-0.39, 0.29) is 12.1 Å². The number of carbonyl (C=O) groups excluding carboxylic acids is 1. The Morgan fingerprint density at radius 3 is 2.38 bits per heavy atom. The van der Waals surface area contributed by atoms with E-state index in [9.17, 15) is 4.79 Å². The topological polar surface area (TPSA) is 76.4 Å². The van der Waals surface area contributed by atoms with Gasteiger partial charge in [-0.2, -0.15) is 0 Å². The Hall–Kier alpha value is -2.69. The number of carbonyl (C=O) groups is 1. The molecule has 0 aliphatic rings.